The van der Waals surface area contributed by atoms with Crippen LogP contribution in [0.5, 0.6) is 0 Å². The Hall–Kier alpha value is 0.620. The van der Waals surface area contributed by atoms with Gasteiger partial charge in [-0.3, -0.25) is 0 Å². The third-order valence-corrected chi connectivity index (χ3v) is 8.14. The van der Waals surface area contributed by atoms with E-state index in [2.05, 4.69) is 30.4 Å². The monoisotopic (exact) mass is 317 g/mol. The highest BCUT2D eigenvalue weighted by Crippen LogP contribution is 2.45. The molecule has 1 saturated heterocycles. The summed E-state index contributed by atoms with van der Waals surface area (Å²) >= 11 is 4.13. The van der Waals surface area contributed by atoms with Crippen LogP contribution in [-0.2, 0) is 0 Å². The first-order valence-corrected chi connectivity index (χ1v) is 10.3. The summed E-state index contributed by atoms with van der Waals surface area (Å²) in [6, 6.07) is -0.0136. The lowest BCUT2D eigenvalue weighted by molar-refractivity contribution is 0.115. The summed E-state index contributed by atoms with van der Waals surface area (Å²) in [7, 11) is 0. The normalized spacial score (nSPS) is 27.1. The van der Waals surface area contributed by atoms with Gasteiger partial charge in [-0.15, -0.1) is 23.5 Å². The van der Waals surface area contributed by atoms with Gasteiger partial charge in [0.05, 0.1) is 10.2 Å². The summed E-state index contributed by atoms with van der Waals surface area (Å²) in [6.07, 6.45) is 10.8. The predicted octanol–water partition coefficient (Wildman–Crippen LogP) is 4.01. The van der Waals surface area contributed by atoms with Gasteiger partial charge in [0.2, 0.25) is 0 Å². The van der Waals surface area contributed by atoms with E-state index < -0.39 is 0 Å². The zero-order valence-electron chi connectivity index (χ0n) is 12.9. The van der Waals surface area contributed by atoms with Gasteiger partial charge in [0.15, 0.2) is 0 Å². The average Bonchev–Trinajstić information content (AvgIpc) is 2.46. The van der Waals surface area contributed by atoms with Crippen LogP contribution in [0.1, 0.15) is 64.7 Å². The van der Waals surface area contributed by atoms with Crippen LogP contribution in [0, 0.1) is 5.92 Å². The molecule has 1 saturated carbocycles. The molecule has 2 fully saturated rings. The smallest absolute Gasteiger partial charge is 0.0692 e. The van der Waals surface area contributed by atoms with Crippen LogP contribution >= 0.6 is 23.5 Å². The average molecular weight is 318 g/mol. The fourth-order valence-corrected chi connectivity index (χ4v) is 6.39. The predicted molar refractivity (Wildman–Crippen MR) is 92.3 cm³/mol. The van der Waals surface area contributed by atoms with Gasteiger partial charge in [-0.25, -0.2) is 0 Å². The van der Waals surface area contributed by atoms with Gasteiger partial charge in [-0.1, -0.05) is 32.1 Å². The summed E-state index contributed by atoms with van der Waals surface area (Å²) in [5.41, 5.74) is 6.24. The lowest BCUT2D eigenvalue weighted by Crippen LogP contribution is -2.38. The van der Waals surface area contributed by atoms with Crippen molar-refractivity contribution < 1.29 is 5.11 Å². The van der Waals surface area contributed by atoms with Crippen molar-refractivity contribution >= 4 is 23.5 Å². The van der Waals surface area contributed by atoms with Gasteiger partial charge in [0.1, 0.15) is 0 Å². The minimum atomic E-state index is -0.308. The molecule has 118 valence electrons. The van der Waals surface area contributed by atoms with Crippen LogP contribution in [0.15, 0.2) is 0 Å². The summed E-state index contributed by atoms with van der Waals surface area (Å²) in [5, 5.41) is 10.3. The van der Waals surface area contributed by atoms with Crippen LogP contribution < -0.4 is 5.73 Å². The number of rotatable bonds is 6. The third kappa shape index (κ3) is 5.43. The Morgan fingerprint density at radius 1 is 1.15 bits per heavy atom. The fraction of sp³-hybridized carbons (Fsp3) is 1.00. The van der Waals surface area contributed by atoms with E-state index in [1.54, 1.807) is 0 Å². The summed E-state index contributed by atoms with van der Waals surface area (Å²) in [4.78, 5) is 0. The SMILES string of the molecule is CC1(CC[C@H](O)[C@@H](N)CC2CCCCC2)SCCCS1. The first-order chi connectivity index (χ1) is 9.59. The third-order valence-electron chi connectivity index (χ3n) is 4.82. The first kappa shape index (κ1) is 17.0. The zero-order chi connectivity index (χ0) is 14.4. The van der Waals surface area contributed by atoms with Crippen LogP contribution in [0.25, 0.3) is 0 Å². The molecule has 1 aliphatic carbocycles. The summed E-state index contributed by atoms with van der Waals surface area (Å²) in [6.45, 7) is 2.33. The van der Waals surface area contributed by atoms with Crippen LogP contribution in [0.4, 0.5) is 0 Å². The first-order valence-electron chi connectivity index (χ1n) is 8.31. The number of aliphatic hydroxyl groups excluding tert-OH is 1. The molecule has 1 heterocycles. The van der Waals surface area contributed by atoms with E-state index >= 15 is 0 Å². The molecule has 0 aromatic carbocycles. The van der Waals surface area contributed by atoms with E-state index in [-0.39, 0.29) is 12.1 Å². The molecule has 0 aromatic heterocycles. The maximum absolute atomic E-state index is 10.3. The van der Waals surface area contributed by atoms with Crippen LogP contribution in [0.3, 0.4) is 0 Å². The minimum absolute atomic E-state index is 0.0136. The van der Waals surface area contributed by atoms with E-state index in [1.165, 1.54) is 50.0 Å². The molecule has 2 aliphatic rings. The van der Waals surface area contributed by atoms with Crippen molar-refractivity contribution in [3.05, 3.63) is 0 Å². The standard InChI is InChI=1S/C16H31NOS2/c1-16(19-10-5-11-20-16)9-8-15(18)14(17)12-13-6-3-2-4-7-13/h13-15,18H,2-12,17H2,1H3/t14-,15-/m0/s1. The van der Waals surface area contributed by atoms with E-state index in [4.69, 9.17) is 5.73 Å². The lowest BCUT2D eigenvalue weighted by atomic mass is 9.83. The molecule has 0 amide bonds. The van der Waals surface area contributed by atoms with Crippen molar-refractivity contribution in [3.63, 3.8) is 0 Å². The highest BCUT2D eigenvalue weighted by molar-refractivity contribution is 8.18. The Morgan fingerprint density at radius 3 is 2.45 bits per heavy atom. The topological polar surface area (TPSA) is 46.2 Å². The number of aliphatic hydroxyl groups is 1. The second kappa shape index (κ2) is 8.30. The molecule has 0 spiro atoms. The van der Waals surface area contributed by atoms with Crippen molar-refractivity contribution in [1.29, 1.82) is 0 Å². The molecule has 3 N–H and O–H groups in total. The number of nitrogens with two attached hydrogens (primary N) is 1. The molecular formula is C16H31NOS2. The summed E-state index contributed by atoms with van der Waals surface area (Å²) in [5.74, 6) is 3.31. The molecule has 0 bridgehead atoms. The van der Waals surface area contributed by atoms with Gasteiger partial charge < -0.3 is 10.8 Å². The molecule has 4 heteroatoms. The van der Waals surface area contributed by atoms with Crippen LogP contribution in [-0.4, -0.2) is 32.8 Å². The molecule has 0 unspecified atom stereocenters. The number of thioether (sulfide) groups is 2. The molecule has 2 nitrogen and oxygen atoms in total. The Balaban J connectivity index is 1.68. The maximum Gasteiger partial charge on any atom is 0.0692 e. The number of hydrogen-bond donors (Lipinski definition) is 2. The second-order valence-electron chi connectivity index (χ2n) is 6.69. The van der Waals surface area contributed by atoms with Gasteiger partial charge in [-0.05, 0) is 50.0 Å². The van der Waals surface area contributed by atoms with Crippen molar-refractivity contribution in [2.75, 3.05) is 11.5 Å². The Labute approximate surface area is 133 Å². The van der Waals surface area contributed by atoms with E-state index in [1.807, 2.05) is 0 Å². The summed E-state index contributed by atoms with van der Waals surface area (Å²) < 4.78 is 0.309. The maximum atomic E-state index is 10.3. The van der Waals surface area contributed by atoms with Crippen LogP contribution in [0.2, 0.25) is 0 Å². The number of hydrogen-bond acceptors (Lipinski definition) is 4. The van der Waals surface area contributed by atoms with E-state index in [0.29, 0.717) is 4.08 Å². The van der Waals surface area contributed by atoms with Gasteiger partial charge in [0.25, 0.3) is 0 Å². The molecular weight excluding hydrogens is 286 g/mol. The van der Waals surface area contributed by atoms with Crippen molar-refractivity contribution in [2.45, 2.75) is 80.9 Å². The quantitative estimate of drug-likeness (QED) is 0.777. The van der Waals surface area contributed by atoms with Gasteiger partial charge in [-0.2, -0.15) is 0 Å². The highest BCUT2D eigenvalue weighted by atomic mass is 32.2. The zero-order valence-corrected chi connectivity index (χ0v) is 14.5. The Kier molecular flexibility index (Phi) is 7.05. The molecule has 0 aromatic rings. The highest BCUT2D eigenvalue weighted by Gasteiger charge is 2.30. The van der Waals surface area contributed by atoms with Gasteiger partial charge >= 0.3 is 0 Å². The fourth-order valence-electron chi connectivity index (χ4n) is 3.41. The largest absolute Gasteiger partial charge is 0.392 e. The van der Waals surface area contributed by atoms with Crippen molar-refractivity contribution in [2.24, 2.45) is 11.7 Å². The lowest BCUT2D eigenvalue weighted by Gasteiger charge is -2.34. The van der Waals surface area contributed by atoms with E-state index in [9.17, 15) is 5.11 Å². The Bertz CT molecular complexity index is 276. The Morgan fingerprint density at radius 2 is 1.80 bits per heavy atom. The minimum Gasteiger partial charge on any atom is -0.392 e. The van der Waals surface area contributed by atoms with Gasteiger partial charge in [0, 0.05) is 6.04 Å². The van der Waals surface area contributed by atoms with Crippen molar-refractivity contribution in [3.8, 4) is 0 Å². The molecule has 0 radical (unpaired) electrons. The molecule has 1 aliphatic heterocycles. The second-order valence-corrected chi connectivity index (χ2v) is 10.1. The molecule has 20 heavy (non-hydrogen) atoms. The molecule has 2 atom stereocenters. The molecule has 2 rings (SSSR count). The van der Waals surface area contributed by atoms with E-state index in [0.717, 1.165) is 25.2 Å². The van der Waals surface area contributed by atoms with Crippen molar-refractivity contribution in [1.82, 2.24) is 0 Å².